The van der Waals surface area contributed by atoms with E-state index in [4.69, 9.17) is 21.1 Å². The molecule has 154 valence electrons. The van der Waals surface area contributed by atoms with Crippen molar-refractivity contribution in [2.45, 2.75) is 31.8 Å². The summed E-state index contributed by atoms with van der Waals surface area (Å²) in [6.45, 7) is 0.355. The fourth-order valence-corrected chi connectivity index (χ4v) is 4.32. The van der Waals surface area contributed by atoms with Gasteiger partial charge in [-0.25, -0.2) is 0 Å². The van der Waals surface area contributed by atoms with Crippen molar-refractivity contribution in [3.8, 4) is 11.5 Å². The Hall–Kier alpha value is -3.05. The van der Waals surface area contributed by atoms with Crippen molar-refractivity contribution in [1.82, 2.24) is 0 Å². The molecule has 0 radical (unpaired) electrons. The molecule has 0 aromatic heterocycles. The van der Waals surface area contributed by atoms with E-state index in [2.05, 4.69) is 0 Å². The third-order valence-electron chi connectivity index (χ3n) is 5.50. The van der Waals surface area contributed by atoms with Crippen molar-refractivity contribution in [3.05, 3.63) is 70.2 Å². The van der Waals surface area contributed by atoms with Gasteiger partial charge in [0.1, 0.15) is 18.1 Å². The first-order valence-electron chi connectivity index (χ1n) is 9.74. The number of rotatable bonds is 6. The van der Waals surface area contributed by atoms with Crippen LogP contribution in [-0.4, -0.2) is 24.0 Å². The average molecular weight is 425 g/mol. The Morgan fingerprint density at radius 3 is 2.67 bits per heavy atom. The quantitative estimate of drug-likeness (QED) is 0.556. The highest BCUT2D eigenvalue weighted by atomic mass is 35.5. The minimum atomic E-state index is -0.898. The van der Waals surface area contributed by atoms with Gasteiger partial charge in [-0.15, -0.1) is 0 Å². The second-order valence-electron chi connectivity index (χ2n) is 7.37. The van der Waals surface area contributed by atoms with Crippen LogP contribution < -0.4 is 9.47 Å². The minimum Gasteiger partial charge on any atom is -0.495 e. The number of carboxylic acid groups (broad SMARTS) is 1. The lowest BCUT2D eigenvalue weighted by Gasteiger charge is -2.27. The maximum Gasteiger partial charge on any atom is 0.303 e. The van der Waals surface area contributed by atoms with Crippen molar-refractivity contribution < 1.29 is 24.2 Å². The van der Waals surface area contributed by atoms with E-state index < -0.39 is 5.97 Å². The lowest BCUT2D eigenvalue weighted by molar-refractivity contribution is -0.137. The maximum atomic E-state index is 12.8. The van der Waals surface area contributed by atoms with Crippen LogP contribution in [-0.2, 0) is 11.4 Å². The lowest BCUT2D eigenvalue weighted by atomic mass is 9.78. The van der Waals surface area contributed by atoms with Crippen LogP contribution >= 0.6 is 11.6 Å². The summed E-state index contributed by atoms with van der Waals surface area (Å²) in [6.07, 6.45) is 0.735. The van der Waals surface area contributed by atoms with E-state index in [9.17, 15) is 14.7 Å². The van der Waals surface area contributed by atoms with Gasteiger partial charge in [-0.05, 0) is 41.7 Å². The maximum absolute atomic E-state index is 12.8. The number of carbonyl (C=O) groups excluding carboxylic acids is 1. The Morgan fingerprint density at radius 1 is 1.20 bits per heavy atom. The summed E-state index contributed by atoms with van der Waals surface area (Å²) in [7, 11) is 1.50. The molecule has 0 fully saturated rings. The van der Waals surface area contributed by atoms with Crippen molar-refractivity contribution in [2.75, 3.05) is 7.11 Å². The zero-order chi connectivity index (χ0) is 21.3. The highest BCUT2D eigenvalue weighted by Crippen LogP contribution is 2.47. The van der Waals surface area contributed by atoms with E-state index in [0.29, 0.717) is 51.4 Å². The van der Waals surface area contributed by atoms with Crippen molar-refractivity contribution in [3.63, 3.8) is 0 Å². The average Bonchev–Trinajstić information content (AvgIpc) is 2.74. The monoisotopic (exact) mass is 424 g/mol. The molecule has 3 aromatic rings. The molecule has 3 aromatic carbocycles. The van der Waals surface area contributed by atoms with Crippen molar-refractivity contribution in [2.24, 2.45) is 0 Å². The summed E-state index contributed by atoms with van der Waals surface area (Å²) in [6, 6.07) is 15.1. The Bertz CT molecular complexity index is 1120. The van der Waals surface area contributed by atoms with Crippen LogP contribution in [0.3, 0.4) is 0 Å². The molecule has 6 heteroatoms. The highest BCUT2D eigenvalue weighted by molar-refractivity contribution is 6.36. The number of Topliss-reactive ketones (excluding diaryl/α,β-unsaturated/α-hetero) is 1. The molecule has 1 aliphatic carbocycles. The molecule has 0 saturated heterocycles. The highest BCUT2D eigenvalue weighted by Gasteiger charge is 2.32. The molecule has 0 heterocycles. The number of ketones is 1. The molecule has 1 atom stereocenters. The Labute approximate surface area is 179 Å². The van der Waals surface area contributed by atoms with Gasteiger partial charge in [-0.2, -0.15) is 0 Å². The van der Waals surface area contributed by atoms with Crippen LogP contribution in [0.25, 0.3) is 10.8 Å². The third kappa shape index (κ3) is 3.73. The van der Waals surface area contributed by atoms with Crippen LogP contribution in [0.15, 0.2) is 48.5 Å². The van der Waals surface area contributed by atoms with Gasteiger partial charge in [0, 0.05) is 16.8 Å². The normalized spacial score (nSPS) is 15.7. The number of ether oxygens (including phenoxy) is 2. The molecule has 4 rings (SSSR count). The number of hydrogen-bond acceptors (Lipinski definition) is 4. The van der Waals surface area contributed by atoms with Gasteiger partial charge in [0.25, 0.3) is 0 Å². The number of halogens is 1. The Balaban J connectivity index is 1.88. The third-order valence-corrected chi connectivity index (χ3v) is 5.83. The second kappa shape index (κ2) is 8.36. The summed E-state index contributed by atoms with van der Waals surface area (Å²) in [5.41, 5.74) is 2.13. The first-order valence-corrected chi connectivity index (χ1v) is 10.1. The summed E-state index contributed by atoms with van der Waals surface area (Å²) in [5.74, 6) is -0.262. The van der Waals surface area contributed by atoms with E-state index in [1.807, 2.05) is 36.4 Å². The van der Waals surface area contributed by atoms with Gasteiger partial charge in [0.05, 0.1) is 24.5 Å². The van der Waals surface area contributed by atoms with Crippen molar-refractivity contribution in [1.29, 1.82) is 0 Å². The fourth-order valence-electron chi connectivity index (χ4n) is 4.11. The predicted octanol–water partition coefficient (Wildman–Crippen LogP) is 5.62. The number of benzene rings is 3. The number of aliphatic carboxylic acids is 1. The second-order valence-corrected chi connectivity index (χ2v) is 7.78. The molecule has 30 heavy (non-hydrogen) atoms. The topological polar surface area (TPSA) is 72.8 Å². The first kappa shape index (κ1) is 20.2. The van der Waals surface area contributed by atoms with Crippen LogP contribution in [0.4, 0.5) is 0 Å². The number of carboxylic acids is 1. The molecule has 0 aliphatic heterocycles. The zero-order valence-corrected chi connectivity index (χ0v) is 17.2. The van der Waals surface area contributed by atoms with Gasteiger partial charge >= 0.3 is 5.97 Å². The SMILES string of the molecule is COc1c2c(cc3c(Cl)ccc(OCc4ccccc4)c13)C(CC(=O)O)CCC2=O. The van der Waals surface area contributed by atoms with Crippen molar-refractivity contribution >= 4 is 34.1 Å². The molecule has 0 saturated carbocycles. The molecule has 1 unspecified atom stereocenters. The summed E-state index contributed by atoms with van der Waals surface area (Å²) in [4.78, 5) is 24.2. The van der Waals surface area contributed by atoms with Crippen LogP contribution in [0.1, 0.15) is 46.7 Å². The molecular formula is C24H21ClO5. The number of hydrogen-bond donors (Lipinski definition) is 1. The molecule has 1 N–H and O–H groups in total. The van der Waals surface area contributed by atoms with Gasteiger partial charge in [-0.1, -0.05) is 41.9 Å². The molecule has 5 nitrogen and oxygen atoms in total. The molecule has 1 aliphatic rings. The molecule has 0 spiro atoms. The molecule has 0 amide bonds. The summed E-state index contributed by atoms with van der Waals surface area (Å²) in [5, 5.41) is 11.1. The standard InChI is InChI=1S/C24H21ClO5/c1-29-24-22-16(15(11-21(27)28)7-9-19(22)26)12-17-18(25)8-10-20(23(17)24)30-13-14-5-3-2-4-6-14/h2-6,8,10,12,15H,7,9,11,13H2,1H3,(H,27,28). The molecular weight excluding hydrogens is 404 g/mol. The predicted molar refractivity (Wildman–Crippen MR) is 115 cm³/mol. The largest absolute Gasteiger partial charge is 0.495 e. The van der Waals surface area contributed by atoms with E-state index in [0.717, 1.165) is 5.56 Å². The van der Waals surface area contributed by atoms with E-state index >= 15 is 0 Å². The summed E-state index contributed by atoms with van der Waals surface area (Å²) >= 11 is 6.50. The van der Waals surface area contributed by atoms with Gasteiger partial charge in [0.15, 0.2) is 5.78 Å². The van der Waals surface area contributed by atoms with E-state index in [-0.39, 0.29) is 24.5 Å². The molecule has 0 bridgehead atoms. The smallest absolute Gasteiger partial charge is 0.303 e. The van der Waals surface area contributed by atoms with E-state index in [1.165, 1.54) is 7.11 Å². The summed E-state index contributed by atoms with van der Waals surface area (Å²) < 4.78 is 11.8. The van der Waals surface area contributed by atoms with Crippen LogP contribution in [0, 0.1) is 0 Å². The van der Waals surface area contributed by atoms with E-state index in [1.54, 1.807) is 12.1 Å². The Morgan fingerprint density at radius 2 is 1.97 bits per heavy atom. The zero-order valence-electron chi connectivity index (χ0n) is 16.5. The first-order chi connectivity index (χ1) is 14.5. The van der Waals surface area contributed by atoms with Gasteiger partial charge in [-0.3, -0.25) is 9.59 Å². The lowest BCUT2D eigenvalue weighted by Crippen LogP contribution is -2.19. The fraction of sp³-hybridized carbons (Fsp3) is 0.250. The number of fused-ring (bicyclic) bond motifs is 2. The number of carbonyl (C=O) groups is 2. The Kier molecular flexibility index (Phi) is 5.64. The number of methoxy groups -OCH3 is 1. The van der Waals surface area contributed by atoms with Crippen LogP contribution in [0.2, 0.25) is 5.02 Å². The van der Waals surface area contributed by atoms with Gasteiger partial charge < -0.3 is 14.6 Å². The van der Waals surface area contributed by atoms with Gasteiger partial charge in [0.2, 0.25) is 0 Å². The minimum absolute atomic E-state index is 0.0449. The van der Waals surface area contributed by atoms with Crippen LogP contribution in [0.5, 0.6) is 11.5 Å².